The van der Waals surface area contributed by atoms with Crippen molar-refractivity contribution in [3.63, 3.8) is 0 Å². The van der Waals surface area contributed by atoms with Gasteiger partial charge in [-0.25, -0.2) is 0 Å². The third-order valence-corrected chi connectivity index (χ3v) is 5.73. The lowest BCUT2D eigenvalue weighted by Gasteiger charge is -2.18. The number of rotatable bonds is 8. The molecule has 0 aliphatic carbocycles. The van der Waals surface area contributed by atoms with Crippen LogP contribution in [0.1, 0.15) is 29.2 Å². The average Bonchev–Trinajstić information content (AvgIpc) is 3.50. The third kappa shape index (κ3) is 4.88. The van der Waals surface area contributed by atoms with Gasteiger partial charge in [0.15, 0.2) is 5.76 Å². The molecule has 5 heteroatoms. The number of benzene rings is 3. The second kappa shape index (κ2) is 9.57. The van der Waals surface area contributed by atoms with Crippen molar-refractivity contribution < 1.29 is 13.7 Å². The van der Waals surface area contributed by atoms with Gasteiger partial charge in [0.05, 0.1) is 12.1 Å². The molecule has 0 unspecified atom stereocenters. The van der Waals surface area contributed by atoms with Crippen LogP contribution in [0, 0.1) is 0 Å². The van der Waals surface area contributed by atoms with Gasteiger partial charge in [0, 0.05) is 23.9 Å². The molecule has 2 heterocycles. The summed E-state index contributed by atoms with van der Waals surface area (Å²) in [5.41, 5.74) is 3.84. The molecule has 1 N–H and O–H groups in total. The number of furan rings is 1. The van der Waals surface area contributed by atoms with E-state index in [0.29, 0.717) is 23.8 Å². The van der Waals surface area contributed by atoms with Gasteiger partial charge in [0.1, 0.15) is 5.58 Å². The number of carbonyl (C=O) groups is 1. The number of fused-ring (bicyclic) bond motifs is 1. The van der Waals surface area contributed by atoms with Gasteiger partial charge in [-0.15, -0.1) is 0 Å². The summed E-state index contributed by atoms with van der Waals surface area (Å²) >= 11 is 0. The summed E-state index contributed by atoms with van der Waals surface area (Å²) in [5, 5.41) is 8.07. The summed E-state index contributed by atoms with van der Waals surface area (Å²) in [4.78, 5) is 12.5. The van der Waals surface area contributed by atoms with Gasteiger partial charge >= 0.3 is 0 Å². The van der Waals surface area contributed by atoms with Crippen LogP contribution < -0.4 is 5.32 Å². The first-order valence-electron chi connectivity index (χ1n) is 11.1. The molecule has 0 bridgehead atoms. The maximum atomic E-state index is 12.5. The van der Waals surface area contributed by atoms with Crippen molar-refractivity contribution in [3.8, 4) is 11.5 Å². The number of nitrogens with one attached hydrogen (secondary N) is 1. The highest BCUT2D eigenvalue weighted by atomic mass is 16.5. The van der Waals surface area contributed by atoms with Crippen molar-refractivity contribution in [2.75, 3.05) is 6.54 Å². The second-order valence-electron chi connectivity index (χ2n) is 8.02. The highest BCUT2D eigenvalue weighted by molar-refractivity contribution is 5.82. The maximum absolute atomic E-state index is 12.5. The minimum atomic E-state index is -0.0840. The van der Waals surface area contributed by atoms with Crippen molar-refractivity contribution in [3.05, 3.63) is 114 Å². The van der Waals surface area contributed by atoms with E-state index in [4.69, 9.17) is 8.94 Å². The number of nitrogens with zero attached hydrogens (tertiary/aromatic N) is 1. The zero-order valence-corrected chi connectivity index (χ0v) is 18.1. The molecule has 0 fully saturated rings. The van der Waals surface area contributed by atoms with Gasteiger partial charge in [-0.3, -0.25) is 4.79 Å². The van der Waals surface area contributed by atoms with Crippen LogP contribution in [0.4, 0.5) is 0 Å². The molecule has 3 aromatic carbocycles. The summed E-state index contributed by atoms with van der Waals surface area (Å²) in [6.45, 7) is 0.571. The van der Waals surface area contributed by atoms with E-state index in [1.807, 2.05) is 66.7 Å². The van der Waals surface area contributed by atoms with Gasteiger partial charge < -0.3 is 14.3 Å². The Hall–Kier alpha value is -4.12. The molecule has 0 saturated carbocycles. The summed E-state index contributed by atoms with van der Waals surface area (Å²) < 4.78 is 11.2. The maximum Gasteiger partial charge on any atom is 0.226 e. The van der Waals surface area contributed by atoms with Crippen LogP contribution in [-0.4, -0.2) is 17.6 Å². The molecule has 0 aliphatic heterocycles. The Bertz CT molecular complexity index is 1270. The van der Waals surface area contributed by atoms with Crippen LogP contribution in [0.5, 0.6) is 0 Å². The lowest BCUT2D eigenvalue weighted by atomic mass is 9.88. The Morgan fingerprint density at radius 2 is 1.48 bits per heavy atom. The van der Waals surface area contributed by atoms with E-state index in [-0.39, 0.29) is 18.2 Å². The van der Waals surface area contributed by atoms with Crippen LogP contribution >= 0.6 is 0 Å². The Kier molecular flexibility index (Phi) is 6.02. The Balaban J connectivity index is 1.20. The highest BCUT2D eigenvalue weighted by Crippen LogP contribution is 2.29. The monoisotopic (exact) mass is 436 g/mol. The quantitative estimate of drug-likeness (QED) is 0.325. The smallest absolute Gasteiger partial charge is 0.226 e. The number of carbonyl (C=O) groups excluding carboxylic acids is 1. The first kappa shape index (κ1) is 20.8. The predicted octanol–water partition coefficient (Wildman–Crippen LogP) is 5.97. The molecular weight excluding hydrogens is 412 g/mol. The Morgan fingerprint density at radius 3 is 2.18 bits per heavy atom. The number of para-hydroxylation sites is 1. The Morgan fingerprint density at radius 1 is 0.818 bits per heavy atom. The van der Waals surface area contributed by atoms with Gasteiger partial charge in [-0.2, -0.15) is 0 Å². The third-order valence-electron chi connectivity index (χ3n) is 5.73. The van der Waals surface area contributed by atoms with Crippen LogP contribution in [0.25, 0.3) is 22.5 Å². The van der Waals surface area contributed by atoms with Crippen molar-refractivity contribution in [2.24, 2.45) is 0 Å². The molecule has 5 nitrogen and oxygen atoms in total. The van der Waals surface area contributed by atoms with E-state index in [1.165, 1.54) is 11.1 Å². The molecule has 0 saturated heterocycles. The number of hydrogen-bond donors (Lipinski definition) is 1. The molecule has 0 radical (unpaired) electrons. The lowest BCUT2D eigenvalue weighted by molar-refractivity contribution is -0.120. The Labute approximate surface area is 192 Å². The van der Waals surface area contributed by atoms with Crippen molar-refractivity contribution in [1.29, 1.82) is 0 Å². The van der Waals surface area contributed by atoms with Crippen molar-refractivity contribution in [1.82, 2.24) is 10.5 Å². The zero-order chi connectivity index (χ0) is 22.5. The van der Waals surface area contributed by atoms with E-state index in [1.54, 1.807) is 6.07 Å². The molecule has 0 aliphatic rings. The molecule has 5 aromatic rings. The standard InChI is InChI=1S/C28H24N2O3/c31-28(19-23-18-27(33-30-23)26-17-22-13-7-8-14-25(22)32-26)29-16-15-24(20-9-3-1-4-10-20)21-11-5-2-6-12-21/h1-14,17-18,24H,15-16,19H2,(H,29,31). The number of aromatic nitrogens is 1. The topological polar surface area (TPSA) is 68.3 Å². The van der Waals surface area contributed by atoms with Crippen LogP contribution in [0.3, 0.4) is 0 Å². The predicted molar refractivity (Wildman–Crippen MR) is 128 cm³/mol. The molecule has 2 aromatic heterocycles. The first-order valence-corrected chi connectivity index (χ1v) is 11.1. The molecule has 5 rings (SSSR count). The summed E-state index contributed by atoms with van der Waals surface area (Å²) in [6, 6.07) is 32.2. The highest BCUT2D eigenvalue weighted by Gasteiger charge is 2.16. The molecule has 0 atom stereocenters. The van der Waals surface area contributed by atoms with E-state index in [2.05, 4.69) is 34.7 Å². The van der Waals surface area contributed by atoms with Gasteiger partial charge in [-0.05, 0) is 29.7 Å². The number of amides is 1. The minimum Gasteiger partial charge on any atom is -0.453 e. The molecule has 164 valence electrons. The van der Waals surface area contributed by atoms with Crippen molar-refractivity contribution >= 4 is 16.9 Å². The fourth-order valence-electron chi connectivity index (χ4n) is 4.09. The normalized spacial score (nSPS) is 11.2. The van der Waals surface area contributed by atoms with E-state index in [0.717, 1.165) is 17.4 Å². The largest absolute Gasteiger partial charge is 0.453 e. The average molecular weight is 437 g/mol. The van der Waals surface area contributed by atoms with Gasteiger partial charge in [-0.1, -0.05) is 84.0 Å². The van der Waals surface area contributed by atoms with E-state index < -0.39 is 0 Å². The van der Waals surface area contributed by atoms with E-state index >= 15 is 0 Å². The lowest BCUT2D eigenvalue weighted by Crippen LogP contribution is -2.27. The fraction of sp³-hybridized carbons (Fsp3) is 0.143. The summed E-state index contributed by atoms with van der Waals surface area (Å²) in [6.07, 6.45) is 0.966. The minimum absolute atomic E-state index is 0.0840. The van der Waals surface area contributed by atoms with E-state index in [9.17, 15) is 4.79 Å². The number of hydrogen-bond acceptors (Lipinski definition) is 4. The fourth-order valence-corrected chi connectivity index (χ4v) is 4.09. The van der Waals surface area contributed by atoms with Gasteiger partial charge in [0.2, 0.25) is 11.7 Å². The van der Waals surface area contributed by atoms with Crippen molar-refractivity contribution in [2.45, 2.75) is 18.8 Å². The second-order valence-corrected chi connectivity index (χ2v) is 8.02. The summed E-state index contributed by atoms with van der Waals surface area (Å²) in [5.74, 6) is 1.25. The molecular formula is C28H24N2O3. The molecule has 1 amide bonds. The SMILES string of the molecule is O=C(Cc1cc(-c2cc3ccccc3o2)on1)NCCC(c1ccccc1)c1ccccc1. The molecule has 0 spiro atoms. The zero-order valence-electron chi connectivity index (χ0n) is 18.1. The summed E-state index contributed by atoms with van der Waals surface area (Å²) in [7, 11) is 0. The van der Waals surface area contributed by atoms with Crippen LogP contribution in [0.15, 0.2) is 106 Å². The van der Waals surface area contributed by atoms with Crippen LogP contribution in [-0.2, 0) is 11.2 Å². The first-order chi connectivity index (χ1) is 16.3. The van der Waals surface area contributed by atoms with Gasteiger partial charge in [0.25, 0.3) is 0 Å². The van der Waals surface area contributed by atoms with Crippen LogP contribution in [0.2, 0.25) is 0 Å². The molecule has 33 heavy (non-hydrogen) atoms.